The number of hydrogen-bond acceptors (Lipinski definition) is 2. The summed E-state index contributed by atoms with van der Waals surface area (Å²) in [7, 11) is 0. The zero-order chi connectivity index (χ0) is 11.6. The van der Waals surface area contributed by atoms with Crippen LogP contribution in [0, 0.1) is 0 Å². The van der Waals surface area contributed by atoms with Gasteiger partial charge in [-0.05, 0) is 12.5 Å². The van der Waals surface area contributed by atoms with Crippen molar-refractivity contribution >= 4 is 23.5 Å². The van der Waals surface area contributed by atoms with Crippen LogP contribution in [0.2, 0.25) is 0 Å². The third-order valence-corrected chi connectivity index (χ3v) is 2.95. The van der Waals surface area contributed by atoms with Crippen LogP contribution in [0.5, 0.6) is 0 Å². The Hall–Kier alpha value is 0.0200. The Labute approximate surface area is 85.1 Å². The lowest BCUT2D eigenvalue weighted by Gasteiger charge is -2.16. The molecule has 0 aliphatic heterocycles. The van der Waals surface area contributed by atoms with Crippen molar-refractivity contribution in [2.75, 3.05) is 12.5 Å². The topological polar surface area (TPSA) is 0 Å². The Kier molecular flexibility index (Phi) is 4.70. The highest BCUT2D eigenvalue weighted by Crippen LogP contribution is 2.45. The van der Waals surface area contributed by atoms with Gasteiger partial charge in [0.1, 0.15) is 9.81 Å². The SMILES string of the molecule is CS/C(=C(\SC)C(F)(F)F)C(F)(F)F. The number of alkyl halides is 6. The van der Waals surface area contributed by atoms with Crippen LogP contribution < -0.4 is 0 Å². The van der Waals surface area contributed by atoms with Gasteiger partial charge in [-0.1, -0.05) is 0 Å². The van der Waals surface area contributed by atoms with Crippen LogP contribution >= 0.6 is 23.5 Å². The molecule has 0 saturated heterocycles. The second kappa shape index (κ2) is 4.69. The van der Waals surface area contributed by atoms with Crippen molar-refractivity contribution in [3.63, 3.8) is 0 Å². The summed E-state index contributed by atoms with van der Waals surface area (Å²) in [6.07, 6.45) is -7.98. The van der Waals surface area contributed by atoms with E-state index in [-0.39, 0.29) is 23.5 Å². The molecular weight excluding hydrogens is 250 g/mol. The average molecular weight is 256 g/mol. The highest BCUT2D eigenvalue weighted by Gasteiger charge is 2.45. The number of halogens is 6. The van der Waals surface area contributed by atoms with E-state index in [2.05, 4.69) is 0 Å². The van der Waals surface area contributed by atoms with Crippen LogP contribution in [0.3, 0.4) is 0 Å². The zero-order valence-electron chi connectivity index (χ0n) is 7.08. The summed E-state index contributed by atoms with van der Waals surface area (Å²) in [5.41, 5.74) is 0. The molecule has 0 nitrogen and oxygen atoms in total. The summed E-state index contributed by atoms with van der Waals surface area (Å²) in [6.45, 7) is 0. The van der Waals surface area contributed by atoms with Gasteiger partial charge in [0.05, 0.1) is 0 Å². The molecule has 0 fully saturated rings. The van der Waals surface area contributed by atoms with Crippen molar-refractivity contribution in [1.29, 1.82) is 0 Å². The van der Waals surface area contributed by atoms with Gasteiger partial charge in [0.25, 0.3) is 0 Å². The highest BCUT2D eigenvalue weighted by atomic mass is 32.2. The lowest BCUT2D eigenvalue weighted by molar-refractivity contribution is -0.103. The Bertz CT molecular complexity index is 201. The molecule has 14 heavy (non-hydrogen) atoms. The van der Waals surface area contributed by atoms with E-state index in [0.29, 0.717) is 0 Å². The molecule has 0 radical (unpaired) electrons. The summed E-state index contributed by atoms with van der Waals surface area (Å²) in [6, 6.07) is 0. The summed E-state index contributed by atoms with van der Waals surface area (Å²) in [5.74, 6) is 0. The lowest BCUT2D eigenvalue weighted by atomic mass is 10.4. The number of rotatable bonds is 2. The smallest absolute Gasteiger partial charge is 0.166 e. The maximum absolute atomic E-state index is 12.1. The van der Waals surface area contributed by atoms with E-state index in [4.69, 9.17) is 0 Å². The fourth-order valence-corrected chi connectivity index (χ4v) is 2.24. The standard InChI is InChI=1S/C6H6F6S2/c1-13-3(5(7,8)9)4(14-2)6(10,11)12/h1-2H3/b4-3-. The molecule has 0 aliphatic rings. The minimum Gasteiger partial charge on any atom is -0.166 e. The molecule has 0 bridgehead atoms. The van der Waals surface area contributed by atoms with Crippen molar-refractivity contribution in [2.45, 2.75) is 12.4 Å². The van der Waals surface area contributed by atoms with Crippen molar-refractivity contribution in [3.8, 4) is 0 Å². The fourth-order valence-electron chi connectivity index (χ4n) is 0.674. The quantitative estimate of drug-likeness (QED) is 0.684. The molecule has 0 amide bonds. The second-order valence-corrected chi connectivity index (χ2v) is 3.70. The molecule has 0 aliphatic carbocycles. The van der Waals surface area contributed by atoms with Crippen molar-refractivity contribution in [3.05, 3.63) is 9.81 Å². The molecule has 0 aromatic heterocycles. The molecule has 84 valence electrons. The predicted molar refractivity (Wildman–Crippen MR) is 46.2 cm³/mol. The van der Waals surface area contributed by atoms with Crippen LogP contribution in [0.25, 0.3) is 0 Å². The molecule has 0 aromatic carbocycles. The Morgan fingerprint density at radius 2 is 0.929 bits per heavy atom. The van der Waals surface area contributed by atoms with Crippen LogP contribution in [0.1, 0.15) is 0 Å². The second-order valence-electron chi connectivity index (χ2n) is 2.06. The molecular formula is C6H6F6S2. The third kappa shape index (κ3) is 3.64. The van der Waals surface area contributed by atoms with E-state index in [0.717, 1.165) is 12.5 Å². The van der Waals surface area contributed by atoms with E-state index < -0.39 is 22.2 Å². The first-order valence-corrected chi connectivity index (χ1v) is 5.56. The fraction of sp³-hybridized carbons (Fsp3) is 0.667. The van der Waals surface area contributed by atoms with Crippen molar-refractivity contribution < 1.29 is 26.3 Å². The molecule has 0 aromatic rings. The minimum atomic E-state index is -4.95. The minimum absolute atomic E-state index is 0.0502. The van der Waals surface area contributed by atoms with E-state index in [1.165, 1.54) is 0 Å². The molecule has 0 rings (SSSR count). The van der Waals surface area contributed by atoms with Gasteiger partial charge in [-0.15, -0.1) is 23.5 Å². The van der Waals surface area contributed by atoms with Crippen LogP contribution in [0.15, 0.2) is 9.81 Å². The van der Waals surface area contributed by atoms with Gasteiger partial charge in [-0.3, -0.25) is 0 Å². The molecule has 0 N–H and O–H groups in total. The maximum atomic E-state index is 12.1. The van der Waals surface area contributed by atoms with E-state index in [9.17, 15) is 26.3 Å². The summed E-state index contributed by atoms with van der Waals surface area (Å²) >= 11 is 0.100. The zero-order valence-corrected chi connectivity index (χ0v) is 8.72. The largest absolute Gasteiger partial charge is 0.423 e. The van der Waals surface area contributed by atoms with Gasteiger partial charge >= 0.3 is 12.4 Å². The first-order valence-electron chi connectivity index (χ1n) is 3.11. The van der Waals surface area contributed by atoms with Gasteiger partial charge in [0, 0.05) is 0 Å². The summed E-state index contributed by atoms with van der Waals surface area (Å²) in [5, 5.41) is 0. The first kappa shape index (κ1) is 14.0. The Morgan fingerprint density at radius 1 is 0.714 bits per heavy atom. The van der Waals surface area contributed by atoms with E-state index in [1.54, 1.807) is 0 Å². The molecule has 0 heterocycles. The summed E-state index contributed by atoms with van der Waals surface area (Å²) < 4.78 is 72.6. The highest BCUT2D eigenvalue weighted by molar-refractivity contribution is 8.06. The Morgan fingerprint density at radius 3 is 1.00 bits per heavy atom. The normalized spacial score (nSPS) is 15.4. The monoisotopic (exact) mass is 256 g/mol. The summed E-state index contributed by atoms with van der Waals surface area (Å²) in [4.78, 5) is -3.20. The van der Waals surface area contributed by atoms with Crippen LogP contribution in [-0.4, -0.2) is 24.9 Å². The Balaban J connectivity index is 5.36. The third-order valence-electron chi connectivity index (χ3n) is 1.13. The van der Waals surface area contributed by atoms with Crippen molar-refractivity contribution in [2.24, 2.45) is 0 Å². The van der Waals surface area contributed by atoms with Crippen LogP contribution in [-0.2, 0) is 0 Å². The van der Waals surface area contributed by atoms with Crippen molar-refractivity contribution in [1.82, 2.24) is 0 Å². The average Bonchev–Trinajstić information content (AvgIpc) is 1.94. The number of allylic oxidation sites excluding steroid dienone is 2. The van der Waals surface area contributed by atoms with Crippen LogP contribution in [0.4, 0.5) is 26.3 Å². The molecule has 0 spiro atoms. The molecule has 8 heteroatoms. The molecule has 0 saturated carbocycles. The van der Waals surface area contributed by atoms with E-state index >= 15 is 0 Å². The van der Waals surface area contributed by atoms with E-state index in [1.807, 2.05) is 0 Å². The van der Waals surface area contributed by atoms with Gasteiger partial charge in [0.15, 0.2) is 0 Å². The van der Waals surface area contributed by atoms with Gasteiger partial charge in [0.2, 0.25) is 0 Å². The van der Waals surface area contributed by atoms with Gasteiger partial charge < -0.3 is 0 Å². The van der Waals surface area contributed by atoms with Gasteiger partial charge in [-0.25, -0.2) is 0 Å². The lowest BCUT2D eigenvalue weighted by Crippen LogP contribution is -2.18. The number of thioether (sulfide) groups is 2. The number of hydrogen-bond donors (Lipinski definition) is 0. The predicted octanol–water partition coefficient (Wildman–Crippen LogP) is 4.05. The molecule has 0 atom stereocenters. The first-order chi connectivity index (χ1) is 6.14. The van der Waals surface area contributed by atoms with Gasteiger partial charge in [-0.2, -0.15) is 26.3 Å². The maximum Gasteiger partial charge on any atom is 0.423 e. The molecule has 0 unspecified atom stereocenters.